The molecule has 2 aliphatic heterocycles. The molecule has 2 heterocycles. The first-order valence-electron chi connectivity index (χ1n) is 7.94. The number of rotatable bonds is 1. The predicted molar refractivity (Wildman–Crippen MR) is 96.9 cm³/mol. The second-order valence-electron chi connectivity index (χ2n) is 6.15. The van der Waals surface area contributed by atoms with Crippen LogP contribution >= 0.6 is 23.2 Å². The largest absolute Gasteiger partial charge is 0.454 e. The number of anilines is 1. The van der Waals surface area contributed by atoms with Gasteiger partial charge >= 0.3 is 6.03 Å². The van der Waals surface area contributed by atoms with Crippen LogP contribution < -0.4 is 14.8 Å². The number of carbonyl (C=O) groups excluding carboxylic acids is 1. The highest BCUT2D eigenvalue weighted by atomic mass is 35.5. The monoisotopic (exact) mass is 378 g/mol. The smallest absolute Gasteiger partial charge is 0.322 e. The van der Waals surface area contributed by atoms with Crippen molar-refractivity contribution in [2.75, 3.05) is 18.7 Å². The summed E-state index contributed by atoms with van der Waals surface area (Å²) in [5, 5.41) is 4.20. The molecule has 0 radical (unpaired) electrons. The van der Waals surface area contributed by atoms with Gasteiger partial charge in [-0.15, -0.1) is 0 Å². The second kappa shape index (κ2) is 6.32. The van der Waals surface area contributed by atoms with E-state index in [4.69, 9.17) is 32.7 Å². The van der Waals surface area contributed by atoms with Crippen molar-refractivity contribution in [3.8, 4) is 11.5 Å². The third-order valence-electron chi connectivity index (χ3n) is 4.49. The Morgan fingerprint density at radius 2 is 1.92 bits per heavy atom. The first kappa shape index (κ1) is 16.4. The van der Waals surface area contributed by atoms with E-state index in [2.05, 4.69) is 5.32 Å². The van der Waals surface area contributed by atoms with E-state index in [-0.39, 0.29) is 12.8 Å². The maximum Gasteiger partial charge on any atom is 0.322 e. The standard InChI is InChI=1S/C18H16Cl2N2O3/c1-10-4-16-17(25-9-24-16)7-15(10)21-18(23)22-3-2-13-11(8-22)5-12(19)6-14(13)20/h4-7H,2-3,8-9H2,1H3,(H,21,23). The van der Waals surface area contributed by atoms with Gasteiger partial charge in [0.1, 0.15) is 0 Å². The van der Waals surface area contributed by atoms with Gasteiger partial charge in [-0.05, 0) is 48.2 Å². The summed E-state index contributed by atoms with van der Waals surface area (Å²) in [6.45, 7) is 3.20. The van der Waals surface area contributed by atoms with Gasteiger partial charge in [0.15, 0.2) is 11.5 Å². The first-order chi connectivity index (χ1) is 12.0. The molecule has 0 aromatic heterocycles. The quantitative estimate of drug-likeness (QED) is 0.787. The van der Waals surface area contributed by atoms with E-state index in [0.29, 0.717) is 46.7 Å². The molecule has 2 amide bonds. The molecule has 7 heteroatoms. The Morgan fingerprint density at radius 1 is 1.16 bits per heavy atom. The van der Waals surface area contributed by atoms with Gasteiger partial charge in [0.05, 0.1) is 0 Å². The number of aryl methyl sites for hydroxylation is 1. The average molecular weight is 379 g/mol. The van der Waals surface area contributed by atoms with Crippen molar-refractivity contribution in [1.82, 2.24) is 4.90 Å². The lowest BCUT2D eigenvalue weighted by atomic mass is 10.00. The summed E-state index contributed by atoms with van der Waals surface area (Å²) < 4.78 is 10.7. The molecule has 5 nitrogen and oxygen atoms in total. The number of ether oxygens (including phenoxy) is 2. The lowest BCUT2D eigenvalue weighted by Crippen LogP contribution is -2.39. The van der Waals surface area contributed by atoms with Gasteiger partial charge in [-0.3, -0.25) is 0 Å². The maximum absolute atomic E-state index is 12.7. The van der Waals surface area contributed by atoms with E-state index in [1.807, 2.05) is 19.1 Å². The fourth-order valence-corrected chi connectivity index (χ4v) is 3.79. The Labute approximate surface area is 155 Å². The van der Waals surface area contributed by atoms with Crippen molar-refractivity contribution in [2.24, 2.45) is 0 Å². The Hall–Kier alpha value is -2.11. The molecule has 0 fully saturated rings. The molecule has 1 N–H and O–H groups in total. The zero-order valence-electron chi connectivity index (χ0n) is 13.6. The van der Waals surface area contributed by atoms with Crippen LogP contribution in [-0.2, 0) is 13.0 Å². The number of hydrogen-bond acceptors (Lipinski definition) is 3. The summed E-state index contributed by atoms with van der Waals surface area (Å²) >= 11 is 12.3. The van der Waals surface area contributed by atoms with E-state index in [1.165, 1.54) is 0 Å². The van der Waals surface area contributed by atoms with Gasteiger partial charge in [-0.1, -0.05) is 23.2 Å². The third-order valence-corrected chi connectivity index (χ3v) is 5.05. The minimum atomic E-state index is -0.163. The van der Waals surface area contributed by atoms with Crippen LogP contribution in [0.3, 0.4) is 0 Å². The molecule has 0 saturated carbocycles. The molecule has 2 aromatic rings. The van der Waals surface area contributed by atoms with E-state index in [9.17, 15) is 4.79 Å². The molecule has 130 valence electrons. The lowest BCUT2D eigenvalue weighted by Gasteiger charge is -2.30. The molecule has 4 rings (SSSR count). The number of urea groups is 1. The van der Waals surface area contributed by atoms with Gasteiger partial charge in [0, 0.05) is 34.9 Å². The highest BCUT2D eigenvalue weighted by Gasteiger charge is 2.24. The Balaban J connectivity index is 1.53. The normalized spacial score (nSPS) is 15.1. The topological polar surface area (TPSA) is 50.8 Å². The van der Waals surface area contributed by atoms with Crippen LogP contribution in [0.2, 0.25) is 10.0 Å². The van der Waals surface area contributed by atoms with Crippen molar-refractivity contribution in [2.45, 2.75) is 19.9 Å². The lowest BCUT2D eigenvalue weighted by molar-refractivity contribution is 0.174. The highest BCUT2D eigenvalue weighted by molar-refractivity contribution is 6.35. The number of benzene rings is 2. The van der Waals surface area contributed by atoms with E-state index in [0.717, 1.165) is 16.7 Å². The molecule has 0 aliphatic carbocycles. The van der Waals surface area contributed by atoms with Gasteiger partial charge in [0.25, 0.3) is 0 Å². The fourth-order valence-electron chi connectivity index (χ4n) is 3.16. The third kappa shape index (κ3) is 3.10. The van der Waals surface area contributed by atoms with Gasteiger partial charge in [0.2, 0.25) is 6.79 Å². The van der Waals surface area contributed by atoms with Crippen molar-refractivity contribution < 1.29 is 14.3 Å². The number of fused-ring (bicyclic) bond motifs is 2. The van der Waals surface area contributed by atoms with Crippen LogP contribution in [0.15, 0.2) is 24.3 Å². The summed E-state index contributed by atoms with van der Waals surface area (Å²) in [7, 11) is 0. The van der Waals surface area contributed by atoms with Crippen LogP contribution in [0.25, 0.3) is 0 Å². The Kier molecular flexibility index (Phi) is 4.13. The van der Waals surface area contributed by atoms with Crippen molar-refractivity contribution >= 4 is 34.9 Å². The molecule has 0 unspecified atom stereocenters. The number of carbonyl (C=O) groups is 1. The molecular formula is C18H16Cl2N2O3. The van der Waals surface area contributed by atoms with Crippen LogP contribution in [-0.4, -0.2) is 24.3 Å². The number of nitrogens with one attached hydrogen (secondary N) is 1. The van der Waals surface area contributed by atoms with Crippen LogP contribution in [0, 0.1) is 6.92 Å². The fraction of sp³-hybridized carbons (Fsp3) is 0.278. The minimum absolute atomic E-state index is 0.163. The number of hydrogen-bond donors (Lipinski definition) is 1. The second-order valence-corrected chi connectivity index (χ2v) is 6.99. The predicted octanol–water partition coefficient (Wildman–Crippen LogP) is 4.62. The number of halogens is 2. The van der Waals surface area contributed by atoms with Gasteiger partial charge in [-0.2, -0.15) is 0 Å². The molecule has 0 bridgehead atoms. The molecule has 0 saturated heterocycles. The van der Waals surface area contributed by atoms with Crippen LogP contribution in [0.4, 0.5) is 10.5 Å². The summed E-state index contributed by atoms with van der Waals surface area (Å²) in [5.41, 5.74) is 3.68. The summed E-state index contributed by atoms with van der Waals surface area (Å²) in [5.74, 6) is 1.34. The SMILES string of the molecule is Cc1cc2c(cc1NC(=O)N1CCc3c(Cl)cc(Cl)cc3C1)OCO2. The van der Waals surface area contributed by atoms with Crippen molar-refractivity contribution in [3.63, 3.8) is 0 Å². The molecular weight excluding hydrogens is 363 g/mol. The van der Waals surface area contributed by atoms with Crippen molar-refractivity contribution in [3.05, 3.63) is 51.0 Å². The van der Waals surface area contributed by atoms with E-state index in [1.54, 1.807) is 17.0 Å². The zero-order valence-corrected chi connectivity index (χ0v) is 15.1. The summed E-state index contributed by atoms with van der Waals surface area (Å²) in [6.07, 6.45) is 0.707. The molecule has 0 spiro atoms. The highest BCUT2D eigenvalue weighted by Crippen LogP contribution is 2.37. The maximum atomic E-state index is 12.7. The van der Waals surface area contributed by atoms with E-state index < -0.39 is 0 Å². The Bertz CT molecular complexity index is 870. The molecule has 2 aromatic carbocycles. The molecule has 25 heavy (non-hydrogen) atoms. The van der Waals surface area contributed by atoms with E-state index >= 15 is 0 Å². The Morgan fingerprint density at radius 3 is 2.72 bits per heavy atom. The average Bonchev–Trinajstić information content (AvgIpc) is 3.01. The van der Waals surface area contributed by atoms with Crippen LogP contribution in [0.5, 0.6) is 11.5 Å². The number of nitrogens with zero attached hydrogens (tertiary/aromatic N) is 1. The number of amides is 2. The van der Waals surface area contributed by atoms with Gasteiger partial charge < -0.3 is 19.7 Å². The summed E-state index contributed by atoms with van der Waals surface area (Å²) in [4.78, 5) is 14.4. The van der Waals surface area contributed by atoms with Crippen LogP contribution in [0.1, 0.15) is 16.7 Å². The zero-order chi connectivity index (χ0) is 17.6. The molecule has 0 atom stereocenters. The molecule has 2 aliphatic rings. The summed E-state index contributed by atoms with van der Waals surface area (Å²) in [6, 6.07) is 7.11. The minimum Gasteiger partial charge on any atom is -0.454 e. The first-order valence-corrected chi connectivity index (χ1v) is 8.70. The van der Waals surface area contributed by atoms with Gasteiger partial charge in [-0.25, -0.2) is 4.79 Å². The van der Waals surface area contributed by atoms with Crippen molar-refractivity contribution in [1.29, 1.82) is 0 Å².